The number of hydrogen-bond donors (Lipinski definition) is 1. The van der Waals surface area contributed by atoms with Crippen LogP contribution in [0.2, 0.25) is 0 Å². The molecule has 0 fully saturated rings. The molecule has 0 aliphatic carbocycles. The first-order chi connectivity index (χ1) is 9.24. The third-order valence-electron chi connectivity index (χ3n) is 2.69. The summed E-state index contributed by atoms with van der Waals surface area (Å²) < 4.78 is 10.9. The molecule has 2 N–H and O–H groups in total. The molecule has 5 heteroatoms. The number of nitrogens with two attached hydrogens (primary N) is 1. The van der Waals surface area contributed by atoms with E-state index in [0.29, 0.717) is 17.4 Å². The van der Waals surface area contributed by atoms with Gasteiger partial charge in [-0.1, -0.05) is 19.4 Å². The molecule has 19 heavy (non-hydrogen) atoms. The van der Waals surface area contributed by atoms with Gasteiger partial charge in [-0.05, 0) is 18.6 Å². The molecule has 100 valence electrons. The van der Waals surface area contributed by atoms with Gasteiger partial charge in [-0.2, -0.15) is 0 Å². The highest BCUT2D eigenvalue weighted by atomic mass is 16.5. The van der Waals surface area contributed by atoms with Gasteiger partial charge in [-0.3, -0.25) is 0 Å². The Balaban J connectivity index is 2.29. The fourth-order valence-corrected chi connectivity index (χ4v) is 1.76. The number of methoxy groups -OCH3 is 1. The smallest absolute Gasteiger partial charge is 0.227 e. The van der Waals surface area contributed by atoms with Gasteiger partial charge in [0.05, 0.1) is 12.7 Å². The number of aromatic nitrogens is 2. The number of rotatable bonds is 5. The molecular formula is C14H17N3O2. The second-order valence-corrected chi connectivity index (χ2v) is 4.07. The summed E-state index contributed by atoms with van der Waals surface area (Å²) in [5.74, 6) is 2.36. The molecule has 0 unspecified atom stereocenters. The third kappa shape index (κ3) is 3.13. The maximum atomic E-state index is 5.86. The number of hydrogen-bond acceptors (Lipinski definition) is 5. The van der Waals surface area contributed by atoms with Gasteiger partial charge in [0, 0.05) is 6.07 Å². The minimum Gasteiger partial charge on any atom is -0.497 e. The maximum absolute atomic E-state index is 5.86. The molecule has 1 heterocycles. The summed E-state index contributed by atoms with van der Waals surface area (Å²) in [5.41, 5.74) is 6.70. The maximum Gasteiger partial charge on any atom is 0.227 e. The van der Waals surface area contributed by atoms with Crippen molar-refractivity contribution in [1.29, 1.82) is 0 Å². The Hall–Kier alpha value is -2.30. The van der Waals surface area contributed by atoms with Gasteiger partial charge >= 0.3 is 0 Å². The first-order valence-corrected chi connectivity index (χ1v) is 6.15. The first-order valence-electron chi connectivity index (χ1n) is 6.15. The van der Waals surface area contributed by atoms with Crippen molar-refractivity contribution in [2.75, 3.05) is 12.8 Å². The molecule has 0 saturated carbocycles. The fraction of sp³-hybridized carbons (Fsp3) is 0.286. The van der Waals surface area contributed by atoms with E-state index in [0.717, 1.165) is 24.2 Å². The Bertz CT molecular complexity index is 558. The summed E-state index contributed by atoms with van der Waals surface area (Å²) in [4.78, 5) is 8.15. The minimum absolute atomic E-state index is 0.467. The lowest BCUT2D eigenvalue weighted by molar-refractivity contribution is 0.406. The van der Waals surface area contributed by atoms with E-state index in [2.05, 4.69) is 16.9 Å². The van der Waals surface area contributed by atoms with E-state index in [1.165, 1.54) is 6.33 Å². The van der Waals surface area contributed by atoms with Gasteiger partial charge in [0.2, 0.25) is 5.88 Å². The van der Waals surface area contributed by atoms with Gasteiger partial charge in [-0.15, -0.1) is 0 Å². The molecule has 2 aromatic rings. The van der Waals surface area contributed by atoms with Crippen molar-refractivity contribution in [1.82, 2.24) is 9.97 Å². The summed E-state index contributed by atoms with van der Waals surface area (Å²) in [7, 11) is 1.62. The van der Waals surface area contributed by atoms with Crippen LogP contribution in [-0.2, 0) is 6.42 Å². The molecule has 0 amide bonds. The summed E-state index contributed by atoms with van der Waals surface area (Å²) >= 11 is 0. The van der Waals surface area contributed by atoms with Crippen LogP contribution in [-0.4, -0.2) is 17.1 Å². The molecule has 2 rings (SSSR count). The first kappa shape index (κ1) is 13.1. The fourth-order valence-electron chi connectivity index (χ4n) is 1.76. The quantitative estimate of drug-likeness (QED) is 0.894. The van der Waals surface area contributed by atoms with Crippen LogP contribution in [0.4, 0.5) is 5.82 Å². The van der Waals surface area contributed by atoms with Gasteiger partial charge in [0.15, 0.2) is 0 Å². The highest BCUT2D eigenvalue weighted by molar-refractivity contribution is 5.46. The third-order valence-corrected chi connectivity index (χ3v) is 2.69. The lowest BCUT2D eigenvalue weighted by Gasteiger charge is -2.11. The number of ether oxygens (including phenoxy) is 2. The van der Waals surface area contributed by atoms with Crippen LogP contribution in [0.25, 0.3) is 0 Å². The van der Waals surface area contributed by atoms with E-state index in [9.17, 15) is 0 Å². The van der Waals surface area contributed by atoms with Crippen molar-refractivity contribution < 1.29 is 9.47 Å². The van der Waals surface area contributed by atoms with E-state index in [4.69, 9.17) is 15.2 Å². The van der Waals surface area contributed by atoms with Crippen LogP contribution in [0.1, 0.15) is 18.9 Å². The van der Waals surface area contributed by atoms with Crippen molar-refractivity contribution in [2.45, 2.75) is 19.8 Å². The monoisotopic (exact) mass is 259 g/mol. The standard InChI is InChI=1S/C14H17N3O2/c1-3-5-12-13(15)16-9-17-14(12)19-11-7-4-6-10(8-11)18-2/h4,6-9H,3,5H2,1-2H3,(H2,15,16,17). The molecule has 1 aromatic carbocycles. The van der Waals surface area contributed by atoms with Crippen LogP contribution < -0.4 is 15.2 Å². The Morgan fingerprint density at radius 1 is 1.21 bits per heavy atom. The summed E-state index contributed by atoms with van der Waals surface area (Å²) in [6.45, 7) is 2.07. The average Bonchev–Trinajstić information content (AvgIpc) is 2.43. The lowest BCUT2D eigenvalue weighted by Crippen LogP contribution is -2.02. The number of nitrogen functional groups attached to an aromatic ring is 1. The van der Waals surface area contributed by atoms with Gasteiger partial charge in [0.1, 0.15) is 23.6 Å². The van der Waals surface area contributed by atoms with Gasteiger partial charge < -0.3 is 15.2 Å². The molecule has 0 radical (unpaired) electrons. The number of anilines is 1. The molecule has 0 atom stereocenters. The van der Waals surface area contributed by atoms with E-state index in [1.54, 1.807) is 13.2 Å². The molecule has 0 saturated heterocycles. The van der Waals surface area contributed by atoms with Crippen molar-refractivity contribution >= 4 is 5.82 Å². The largest absolute Gasteiger partial charge is 0.497 e. The normalized spacial score (nSPS) is 10.2. The molecule has 0 spiro atoms. The Morgan fingerprint density at radius 2 is 2.00 bits per heavy atom. The lowest BCUT2D eigenvalue weighted by atomic mass is 10.2. The molecule has 1 aromatic heterocycles. The number of benzene rings is 1. The second-order valence-electron chi connectivity index (χ2n) is 4.07. The van der Waals surface area contributed by atoms with E-state index >= 15 is 0 Å². The SMILES string of the molecule is CCCc1c(N)ncnc1Oc1cccc(OC)c1. The van der Waals surface area contributed by atoms with Crippen molar-refractivity contribution in [2.24, 2.45) is 0 Å². The second kappa shape index (κ2) is 6.04. The average molecular weight is 259 g/mol. The van der Waals surface area contributed by atoms with Crippen molar-refractivity contribution in [3.8, 4) is 17.4 Å². The van der Waals surface area contributed by atoms with Crippen LogP contribution in [0.15, 0.2) is 30.6 Å². The summed E-state index contributed by atoms with van der Waals surface area (Å²) in [6.07, 6.45) is 3.14. The van der Waals surface area contributed by atoms with Crippen LogP contribution in [0.3, 0.4) is 0 Å². The molecule has 5 nitrogen and oxygen atoms in total. The highest BCUT2D eigenvalue weighted by Gasteiger charge is 2.10. The van der Waals surface area contributed by atoms with E-state index < -0.39 is 0 Å². The summed E-state index contributed by atoms with van der Waals surface area (Å²) in [6, 6.07) is 7.36. The molecule has 0 aliphatic rings. The predicted molar refractivity (Wildman–Crippen MR) is 73.5 cm³/mol. The van der Waals surface area contributed by atoms with E-state index in [-0.39, 0.29) is 0 Å². The highest BCUT2D eigenvalue weighted by Crippen LogP contribution is 2.28. The number of nitrogens with zero attached hydrogens (tertiary/aromatic N) is 2. The Morgan fingerprint density at radius 3 is 2.74 bits per heavy atom. The van der Waals surface area contributed by atoms with Gasteiger partial charge in [-0.25, -0.2) is 9.97 Å². The predicted octanol–water partition coefficient (Wildman–Crippen LogP) is 2.81. The van der Waals surface area contributed by atoms with Crippen LogP contribution in [0, 0.1) is 0 Å². The zero-order valence-corrected chi connectivity index (χ0v) is 11.1. The van der Waals surface area contributed by atoms with Crippen molar-refractivity contribution in [3.05, 3.63) is 36.2 Å². The molecule has 0 bridgehead atoms. The molecular weight excluding hydrogens is 242 g/mol. The van der Waals surface area contributed by atoms with Crippen LogP contribution in [0.5, 0.6) is 17.4 Å². The zero-order chi connectivity index (χ0) is 13.7. The zero-order valence-electron chi connectivity index (χ0n) is 11.1. The topological polar surface area (TPSA) is 70.3 Å². The molecule has 0 aliphatic heterocycles. The Kier molecular flexibility index (Phi) is 4.18. The minimum atomic E-state index is 0.467. The Labute approximate surface area is 112 Å². The van der Waals surface area contributed by atoms with Gasteiger partial charge in [0.25, 0.3) is 0 Å². The van der Waals surface area contributed by atoms with Crippen molar-refractivity contribution in [3.63, 3.8) is 0 Å². The van der Waals surface area contributed by atoms with Crippen LogP contribution >= 0.6 is 0 Å². The summed E-state index contributed by atoms with van der Waals surface area (Å²) in [5, 5.41) is 0. The van der Waals surface area contributed by atoms with E-state index in [1.807, 2.05) is 18.2 Å².